The molecule has 3 nitrogen and oxygen atoms in total. The molecule has 0 atom stereocenters. The normalized spacial score (nSPS) is 17.4. The zero-order valence-electron chi connectivity index (χ0n) is 20.1. The fourth-order valence-corrected chi connectivity index (χ4v) is 4.12. The molecule has 0 amide bonds. The second-order valence-electron chi connectivity index (χ2n) is 8.84. The fourth-order valence-electron chi connectivity index (χ4n) is 4.12. The van der Waals surface area contributed by atoms with Gasteiger partial charge in [-0.2, -0.15) is 8.78 Å². The van der Waals surface area contributed by atoms with Crippen LogP contribution in [0.1, 0.15) is 76.3 Å². The molecular formula is C28H30F4O3. The van der Waals surface area contributed by atoms with Gasteiger partial charge < -0.3 is 9.47 Å². The molecule has 2 aromatic rings. The van der Waals surface area contributed by atoms with Crippen LogP contribution in [-0.2, 0) is 4.79 Å². The molecule has 35 heavy (non-hydrogen) atoms. The molecule has 3 rings (SSSR count). The predicted molar refractivity (Wildman–Crippen MR) is 125 cm³/mol. The molecule has 0 radical (unpaired) electrons. The van der Waals surface area contributed by atoms with Crippen molar-refractivity contribution in [3.05, 3.63) is 58.7 Å². The number of carbonyl (C=O) groups excluding carboxylic acids is 1. The Labute approximate surface area is 203 Å². The SMILES string of the molecule is CCCCCOc1c(F)c(F)c(C#Cc2ccc(OC(=O)C3CCC(CC)CC3)cc2)c(F)c1F. The van der Waals surface area contributed by atoms with Crippen molar-refractivity contribution < 1.29 is 31.8 Å². The van der Waals surface area contributed by atoms with Gasteiger partial charge in [-0.1, -0.05) is 45.0 Å². The zero-order valence-corrected chi connectivity index (χ0v) is 20.1. The van der Waals surface area contributed by atoms with Gasteiger partial charge in [-0.3, -0.25) is 4.79 Å². The van der Waals surface area contributed by atoms with Crippen LogP contribution in [0.4, 0.5) is 17.6 Å². The van der Waals surface area contributed by atoms with Gasteiger partial charge in [-0.25, -0.2) is 8.78 Å². The highest BCUT2D eigenvalue weighted by Crippen LogP contribution is 2.32. The number of hydrogen-bond donors (Lipinski definition) is 0. The molecule has 0 saturated heterocycles. The van der Waals surface area contributed by atoms with Gasteiger partial charge in [-0.05, 0) is 62.3 Å². The summed E-state index contributed by atoms with van der Waals surface area (Å²) < 4.78 is 67.7. The lowest BCUT2D eigenvalue weighted by molar-refractivity contribution is -0.140. The highest BCUT2D eigenvalue weighted by molar-refractivity contribution is 5.75. The van der Waals surface area contributed by atoms with Crippen LogP contribution in [0.5, 0.6) is 11.5 Å². The van der Waals surface area contributed by atoms with Crippen molar-refractivity contribution in [2.75, 3.05) is 6.61 Å². The number of halogens is 4. The number of rotatable bonds is 8. The Morgan fingerprint density at radius 1 is 0.886 bits per heavy atom. The summed E-state index contributed by atoms with van der Waals surface area (Å²) in [5.74, 6) is -2.25. The van der Waals surface area contributed by atoms with Gasteiger partial charge in [0, 0.05) is 5.56 Å². The standard InChI is InChI=1S/C28H30F4O3/c1-3-5-6-17-34-27-25(31)23(29)22(24(30)26(27)32)16-11-19-9-14-21(15-10-19)35-28(33)20-12-7-18(4-2)8-13-20/h9-10,14-15,18,20H,3-8,12-13,17H2,1-2H3. The molecule has 0 aliphatic heterocycles. The van der Waals surface area contributed by atoms with E-state index in [9.17, 15) is 22.4 Å². The van der Waals surface area contributed by atoms with E-state index in [1.165, 1.54) is 24.3 Å². The third kappa shape index (κ3) is 6.78. The third-order valence-electron chi connectivity index (χ3n) is 6.38. The summed E-state index contributed by atoms with van der Waals surface area (Å²) in [6, 6.07) is 6.02. The summed E-state index contributed by atoms with van der Waals surface area (Å²) in [4.78, 5) is 12.4. The molecule has 0 heterocycles. The van der Waals surface area contributed by atoms with Crippen LogP contribution in [0.2, 0.25) is 0 Å². The summed E-state index contributed by atoms with van der Waals surface area (Å²) in [7, 11) is 0. The molecule has 0 bridgehead atoms. The molecule has 1 aliphatic carbocycles. The van der Waals surface area contributed by atoms with E-state index in [4.69, 9.17) is 9.47 Å². The van der Waals surface area contributed by atoms with Crippen LogP contribution in [0, 0.1) is 46.9 Å². The quantitative estimate of drug-likeness (QED) is 0.0970. The van der Waals surface area contributed by atoms with Crippen LogP contribution < -0.4 is 9.47 Å². The lowest BCUT2D eigenvalue weighted by Crippen LogP contribution is -2.25. The number of esters is 1. The topological polar surface area (TPSA) is 35.5 Å². The van der Waals surface area contributed by atoms with Crippen molar-refractivity contribution in [2.45, 2.75) is 65.2 Å². The van der Waals surface area contributed by atoms with Crippen LogP contribution in [-0.4, -0.2) is 12.6 Å². The Kier molecular flexibility index (Phi) is 9.59. The Morgan fingerprint density at radius 3 is 2.09 bits per heavy atom. The van der Waals surface area contributed by atoms with E-state index in [0.29, 0.717) is 23.7 Å². The van der Waals surface area contributed by atoms with Crippen molar-refractivity contribution in [2.24, 2.45) is 11.8 Å². The average molecular weight is 491 g/mol. The predicted octanol–water partition coefficient (Wildman–Crippen LogP) is 7.33. The first kappa shape index (κ1) is 26.6. The van der Waals surface area contributed by atoms with Crippen LogP contribution >= 0.6 is 0 Å². The Bertz CT molecular complexity index is 1050. The van der Waals surface area contributed by atoms with E-state index < -0.39 is 34.6 Å². The first-order valence-corrected chi connectivity index (χ1v) is 12.2. The summed E-state index contributed by atoms with van der Waals surface area (Å²) in [5.41, 5.74) is -0.688. The van der Waals surface area contributed by atoms with Gasteiger partial charge in [0.2, 0.25) is 11.6 Å². The summed E-state index contributed by atoms with van der Waals surface area (Å²) in [6.07, 6.45) is 6.90. The molecule has 188 valence electrons. The van der Waals surface area contributed by atoms with Crippen molar-refractivity contribution in [3.63, 3.8) is 0 Å². The maximum atomic E-state index is 14.4. The second-order valence-corrected chi connectivity index (χ2v) is 8.84. The van der Waals surface area contributed by atoms with E-state index in [2.05, 4.69) is 18.8 Å². The number of ether oxygens (including phenoxy) is 2. The van der Waals surface area contributed by atoms with E-state index in [1.807, 2.05) is 6.92 Å². The lowest BCUT2D eigenvalue weighted by atomic mass is 9.81. The second kappa shape index (κ2) is 12.6. The maximum absolute atomic E-state index is 14.4. The zero-order chi connectivity index (χ0) is 25.4. The summed E-state index contributed by atoms with van der Waals surface area (Å²) in [5, 5.41) is 0. The average Bonchev–Trinajstić information content (AvgIpc) is 2.88. The van der Waals surface area contributed by atoms with E-state index >= 15 is 0 Å². The van der Waals surface area contributed by atoms with Crippen molar-refractivity contribution in [3.8, 4) is 23.3 Å². The summed E-state index contributed by atoms with van der Waals surface area (Å²) >= 11 is 0. The Hall–Kier alpha value is -3.01. The first-order valence-electron chi connectivity index (χ1n) is 12.2. The molecule has 1 saturated carbocycles. The molecule has 1 fully saturated rings. The van der Waals surface area contributed by atoms with Gasteiger partial charge >= 0.3 is 5.97 Å². The van der Waals surface area contributed by atoms with Gasteiger partial charge in [-0.15, -0.1) is 0 Å². The third-order valence-corrected chi connectivity index (χ3v) is 6.38. The highest BCUT2D eigenvalue weighted by Gasteiger charge is 2.27. The molecule has 0 aromatic heterocycles. The van der Waals surface area contributed by atoms with E-state index in [-0.39, 0.29) is 18.5 Å². The van der Waals surface area contributed by atoms with Gasteiger partial charge in [0.25, 0.3) is 0 Å². The number of benzene rings is 2. The van der Waals surface area contributed by atoms with E-state index in [0.717, 1.165) is 44.9 Å². The largest absolute Gasteiger partial charge is 0.487 e. The number of hydrogen-bond acceptors (Lipinski definition) is 3. The van der Waals surface area contributed by atoms with Crippen LogP contribution in [0.3, 0.4) is 0 Å². The van der Waals surface area contributed by atoms with Crippen LogP contribution in [0.15, 0.2) is 24.3 Å². The Balaban J connectivity index is 1.67. The Morgan fingerprint density at radius 2 is 1.51 bits per heavy atom. The first-order chi connectivity index (χ1) is 16.8. The molecular weight excluding hydrogens is 460 g/mol. The summed E-state index contributed by atoms with van der Waals surface area (Å²) in [6.45, 7) is 4.04. The molecule has 0 unspecified atom stereocenters. The number of unbranched alkanes of at least 4 members (excludes halogenated alkanes) is 2. The van der Waals surface area contributed by atoms with Crippen LogP contribution in [0.25, 0.3) is 0 Å². The number of carbonyl (C=O) groups is 1. The maximum Gasteiger partial charge on any atom is 0.314 e. The lowest BCUT2D eigenvalue weighted by Gasteiger charge is -2.26. The molecule has 2 aromatic carbocycles. The molecule has 1 aliphatic rings. The monoisotopic (exact) mass is 490 g/mol. The van der Waals surface area contributed by atoms with Gasteiger partial charge in [0.15, 0.2) is 17.4 Å². The van der Waals surface area contributed by atoms with Crippen molar-refractivity contribution >= 4 is 5.97 Å². The van der Waals surface area contributed by atoms with Crippen molar-refractivity contribution in [1.29, 1.82) is 0 Å². The molecule has 0 spiro atoms. The highest BCUT2D eigenvalue weighted by atomic mass is 19.2. The van der Waals surface area contributed by atoms with Gasteiger partial charge in [0.05, 0.1) is 12.5 Å². The van der Waals surface area contributed by atoms with E-state index in [1.54, 1.807) is 0 Å². The van der Waals surface area contributed by atoms with Crippen molar-refractivity contribution in [1.82, 2.24) is 0 Å². The molecule has 0 N–H and O–H groups in total. The molecule has 7 heteroatoms. The van der Waals surface area contributed by atoms with Gasteiger partial charge in [0.1, 0.15) is 11.3 Å². The minimum Gasteiger partial charge on any atom is -0.487 e. The minimum atomic E-state index is -1.61. The fraction of sp³-hybridized carbons (Fsp3) is 0.464. The smallest absolute Gasteiger partial charge is 0.314 e. The minimum absolute atomic E-state index is 0.0531.